The number of hydrogen-bond acceptors (Lipinski definition) is 5. The van der Waals surface area contributed by atoms with Crippen LogP contribution in [0.2, 0.25) is 18.1 Å². The lowest BCUT2D eigenvalue weighted by atomic mass is 10.0. The summed E-state index contributed by atoms with van der Waals surface area (Å²) >= 11 is 0. The van der Waals surface area contributed by atoms with E-state index in [4.69, 9.17) is 4.43 Å². The van der Waals surface area contributed by atoms with Gasteiger partial charge in [0.05, 0.1) is 17.3 Å². The lowest BCUT2D eigenvalue weighted by Gasteiger charge is -2.39. The highest BCUT2D eigenvalue weighted by Gasteiger charge is 2.39. The maximum Gasteiger partial charge on any atom is 0.409 e. The third kappa shape index (κ3) is 8.20. The van der Waals surface area contributed by atoms with Crippen LogP contribution in [-0.4, -0.2) is 40.7 Å². The molecule has 0 aliphatic carbocycles. The summed E-state index contributed by atoms with van der Waals surface area (Å²) in [6, 6.07) is 30.8. The van der Waals surface area contributed by atoms with E-state index in [-0.39, 0.29) is 22.5 Å². The molecule has 0 aliphatic heterocycles. The molecule has 2 heterocycles. The Bertz CT molecular complexity index is 2300. The SMILES string of the molecule is CC(C)(C)[Si](C)(C)O[C@H](CNCc1ccc2c(ccn2C/C=C/c2ccc(-c3ccccc3)c(NC(=O)O)c2)c1)c1ccc(O)c2[nH]c(=O)ccc12. The number of aromatic hydroxyl groups is 1. The molecule has 0 bridgehead atoms. The molecule has 0 spiro atoms. The highest BCUT2D eigenvalue weighted by molar-refractivity contribution is 6.74. The summed E-state index contributed by atoms with van der Waals surface area (Å²) in [4.78, 5) is 26.4. The van der Waals surface area contributed by atoms with Crippen molar-refractivity contribution in [1.29, 1.82) is 0 Å². The number of anilines is 1. The number of H-pyrrole nitrogens is 1. The Morgan fingerprint density at radius 2 is 1.77 bits per heavy atom. The molecule has 2 aromatic heterocycles. The van der Waals surface area contributed by atoms with Crippen LogP contribution in [0.4, 0.5) is 10.5 Å². The van der Waals surface area contributed by atoms with Gasteiger partial charge in [0.25, 0.3) is 0 Å². The van der Waals surface area contributed by atoms with Gasteiger partial charge in [-0.25, -0.2) is 4.79 Å². The van der Waals surface area contributed by atoms with E-state index >= 15 is 0 Å². The van der Waals surface area contributed by atoms with Crippen molar-refractivity contribution in [2.75, 3.05) is 11.9 Å². The molecule has 0 aliphatic rings. The normalized spacial score (nSPS) is 12.9. The first-order valence-electron chi connectivity index (χ1n) is 17.5. The molecule has 1 amide bonds. The zero-order valence-corrected chi connectivity index (χ0v) is 31.2. The number of aromatic nitrogens is 2. The van der Waals surface area contributed by atoms with Gasteiger partial charge < -0.3 is 29.5 Å². The largest absolute Gasteiger partial charge is 0.506 e. The zero-order valence-electron chi connectivity index (χ0n) is 30.2. The van der Waals surface area contributed by atoms with Crippen LogP contribution in [-0.2, 0) is 17.5 Å². The predicted octanol–water partition coefficient (Wildman–Crippen LogP) is 9.51. The summed E-state index contributed by atoms with van der Waals surface area (Å²) in [5.74, 6) is 0.0332. The third-order valence-corrected chi connectivity index (χ3v) is 14.5. The van der Waals surface area contributed by atoms with Crippen molar-refractivity contribution in [2.24, 2.45) is 0 Å². The number of hydrogen-bond donors (Lipinski definition) is 5. The van der Waals surface area contributed by atoms with Crippen molar-refractivity contribution in [1.82, 2.24) is 14.9 Å². The van der Waals surface area contributed by atoms with Crippen LogP contribution in [0.15, 0.2) is 114 Å². The van der Waals surface area contributed by atoms with Crippen molar-refractivity contribution >= 4 is 48.0 Å². The standard InChI is InChI=1S/C42H46N4O5Si/c1-42(2,3)52(4,5)51-38(33-16-19-37(47)40-34(33)17-20-39(48)45-40)27-43-26-29-14-18-36-31(24-29)21-23-46(36)22-9-10-28-13-15-32(30-11-7-6-8-12-30)35(25-28)44-41(49)50/h6-21,23-25,38,43-44,47H,22,26-27H2,1-5H3,(H,45,48)(H,49,50)/b10-9+/t38-/m1/s1. The van der Waals surface area contributed by atoms with Gasteiger partial charge in [-0.1, -0.05) is 87.5 Å². The Morgan fingerprint density at radius 3 is 2.52 bits per heavy atom. The van der Waals surface area contributed by atoms with Crippen LogP contribution in [0.25, 0.3) is 39.0 Å². The minimum Gasteiger partial charge on any atom is -0.506 e. The summed E-state index contributed by atoms with van der Waals surface area (Å²) in [6.45, 7) is 12.9. The van der Waals surface area contributed by atoms with Gasteiger partial charge >= 0.3 is 6.09 Å². The van der Waals surface area contributed by atoms with E-state index in [1.807, 2.05) is 60.7 Å². The lowest BCUT2D eigenvalue weighted by Crippen LogP contribution is -2.43. The maximum atomic E-state index is 12.1. The molecule has 10 heteroatoms. The minimum absolute atomic E-state index is 0.00679. The fourth-order valence-corrected chi connectivity index (χ4v) is 7.48. The lowest BCUT2D eigenvalue weighted by molar-refractivity contribution is 0.181. The first kappa shape index (κ1) is 36.4. The number of allylic oxidation sites excluding steroid dienone is 1. The van der Waals surface area contributed by atoms with Gasteiger partial charge in [0.1, 0.15) is 5.75 Å². The summed E-state index contributed by atoms with van der Waals surface area (Å²) in [5.41, 5.74) is 6.54. The average Bonchev–Trinajstić information content (AvgIpc) is 3.50. The number of pyridine rings is 1. The smallest absolute Gasteiger partial charge is 0.409 e. The summed E-state index contributed by atoms with van der Waals surface area (Å²) in [5, 5.41) is 28.0. The zero-order chi connectivity index (χ0) is 37.0. The van der Waals surface area contributed by atoms with Gasteiger partial charge in [0.15, 0.2) is 8.32 Å². The first-order chi connectivity index (χ1) is 24.8. The molecule has 9 nitrogen and oxygen atoms in total. The Kier molecular flexibility index (Phi) is 10.5. The highest BCUT2D eigenvalue weighted by atomic mass is 28.4. The third-order valence-electron chi connectivity index (χ3n) is 9.97. The second-order valence-electron chi connectivity index (χ2n) is 14.6. The number of phenolic OH excluding ortho intramolecular Hbond substituents is 1. The fourth-order valence-electron chi connectivity index (χ4n) is 6.21. The number of carbonyl (C=O) groups is 1. The number of rotatable bonds is 12. The molecular formula is C42H46N4O5Si. The van der Waals surface area contributed by atoms with Gasteiger partial charge in [-0.2, -0.15) is 0 Å². The van der Waals surface area contributed by atoms with E-state index in [9.17, 15) is 19.8 Å². The second kappa shape index (κ2) is 15.0. The summed E-state index contributed by atoms with van der Waals surface area (Å²) < 4.78 is 9.14. The van der Waals surface area contributed by atoms with Gasteiger partial charge in [0.2, 0.25) is 5.56 Å². The summed E-state index contributed by atoms with van der Waals surface area (Å²) in [6.07, 6.45) is 4.75. The fraction of sp³-hybridized carbons (Fsp3) is 0.238. The quantitative estimate of drug-likeness (QED) is 0.0804. The number of benzene rings is 4. The molecule has 0 saturated carbocycles. The maximum absolute atomic E-state index is 12.1. The van der Waals surface area contributed by atoms with Gasteiger partial charge in [-0.3, -0.25) is 10.1 Å². The number of phenols is 1. The number of aromatic amines is 1. The Balaban J connectivity index is 1.15. The molecule has 268 valence electrons. The molecule has 4 aromatic carbocycles. The van der Waals surface area contributed by atoms with Crippen molar-refractivity contribution in [3.05, 3.63) is 136 Å². The molecule has 5 N–H and O–H groups in total. The number of nitrogens with one attached hydrogen (secondary N) is 3. The average molecular weight is 715 g/mol. The molecule has 1 atom stereocenters. The van der Waals surface area contributed by atoms with Gasteiger partial charge in [-0.05, 0) is 82.2 Å². The Labute approximate surface area is 304 Å². The number of amides is 1. The molecule has 0 radical (unpaired) electrons. The topological polar surface area (TPSA) is 129 Å². The molecule has 6 aromatic rings. The number of fused-ring (bicyclic) bond motifs is 2. The van der Waals surface area contributed by atoms with E-state index in [1.165, 1.54) is 6.07 Å². The number of nitrogens with zero attached hydrogens (tertiary/aromatic N) is 1. The summed E-state index contributed by atoms with van der Waals surface area (Å²) in [7, 11) is -2.19. The molecule has 0 fully saturated rings. The first-order valence-corrected chi connectivity index (χ1v) is 20.4. The van der Waals surface area contributed by atoms with E-state index in [1.54, 1.807) is 12.1 Å². The van der Waals surface area contributed by atoms with E-state index in [2.05, 4.69) is 90.6 Å². The predicted molar refractivity (Wildman–Crippen MR) is 213 cm³/mol. The molecule has 0 saturated heterocycles. The molecule has 6 rings (SSSR count). The second-order valence-corrected chi connectivity index (χ2v) is 19.4. The Morgan fingerprint density at radius 1 is 0.981 bits per heavy atom. The Hall–Kier alpha value is -5.42. The monoisotopic (exact) mass is 714 g/mol. The van der Waals surface area contributed by atoms with Gasteiger partial charge in [0, 0.05) is 48.4 Å². The minimum atomic E-state index is -2.19. The van der Waals surface area contributed by atoms with Crippen molar-refractivity contribution in [3.8, 4) is 16.9 Å². The van der Waals surface area contributed by atoms with Crippen molar-refractivity contribution in [3.63, 3.8) is 0 Å². The van der Waals surface area contributed by atoms with Crippen LogP contribution < -0.4 is 16.2 Å². The van der Waals surface area contributed by atoms with Crippen LogP contribution in [0.5, 0.6) is 5.75 Å². The molecule has 52 heavy (non-hydrogen) atoms. The van der Waals surface area contributed by atoms with Crippen LogP contribution in [0, 0.1) is 0 Å². The highest BCUT2D eigenvalue weighted by Crippen LogP contribution is 2.41. The van der Waals surface area contributed by atoms with Crippen LogP contribution in [0.3, 0.4) is 0 Å². The van der Waals surface area contributed by atoms with Crippen LogP contribution in [0.1, 0.15) is 43.6 Å². The van der Waals surface area contributed by atoms with Crippen molar-refractivity contribution in [2.45, 2.75) is 58.1 Å². The van der Waals surface area contributed by atoms with E-state index < -0.39 is 14.4 Å². The van der Waals surface area contributed by atoms with Crippen molar-refractivity contribution < 1.29 is 19.4 Å². The van der Waals surface area contributed by atoms with Crippen LogP contribution >= 0.6 is 0 Å². The molecular weight excluding hydrogens is 669 g/mol. The van der Waals surface area contributed by atoms with E-state index in [0.29, 0.717) is 30.8 Å². The van der Waals surface area contributed by atoms with E-state index in [0.717, 1.165) is 44.1 Å². The molecule has 0 unspecified atom stereocenters. The number of carboxylic acid groups (broad SMARTS) is 1. The van der Waals surface area contributed by atoms with Gasteiger partial charge in [-0.15, -0.1) is 0 Å².